The van der Waals surface area contributed by atoms with Gasteiger partial charge in [-0.15, -0.1) is 23.1 Å². The number of aromatic nitrogens is 2. The van der Waals surface area contributed by atoms with E-state index in [0.717, 1.165) is 6.42 Å². The molecule has 0 aliphatic rings. The fourth-order valence-electron chi connectivity index (χ4n) is 3.10. The van der Waals surface area contributed by atoms with Crippen LogP contribution in [0.2, 0.25) is 0 Å². The number of aromatic amines is 1. The molecule has 1 atom stereocenters. The average Bonchev–Trinajstić information content (AvgIpc) is 3.03. The van der Waals surface area contributed by atoms with E-state index in [2.05, 4.69) is 48.9 Å². The van der Waals surface area contributed by atoms with Gasteiger partial charge in [0.25, 0.3) is 11.5 Å². The molecule has 3 aromatic rings. The van der Waals surface area contributed by atoms with Gasteiger partial charge in [0.15, 0.2) is 0 Å². The van der Waals surface area contributed by atoms with Crippen LogP contribution in [0, 0.1) is 20.8 Å². The van der Waals surface area contributed by atoms with Crippen molar-refractivity contribution < 1.29 is 4.79 Å². The van der Waals surface area contributed by atoms with Crippen molar-refractivity contribution >= 4 is 39.2 Å². The molecule has 0 saturated carbocycles. The zero-order valence-corrected chi connectivity index (χ0v) is 19.4. The molecule has 0 bridgehead atoms. The van der Waals surface area contributed by atoms with Crippen molar-refractivity contribution in [2.24, 2.45) is 0 Å². The van der Waals surface area contributed by atoms with Crippen LogP contribution in [0.1, 0.15) is 52.5 Å². The number of H-pyrrole nitrogens is 1. The lowest BCUT2D eigenvalue weighted by Crippen LogP contribution is -2.34. The number of amides is 1. The number of carbonyl (C=O) groups is 1. The highest BCUT2D eigenvalue weighted by Crippen LogP contribution is 2.30. The van der Waals surface area contributed by atoms with Crippen molar-refractivity contribution in [3.8, 4) is 0 Å². The van der Waals surface area contributed by atoms with Crippen LogP contribution in [0.3, 0.4) is 0 Å². The molecule has 0 aliphatic heterocycles. The van der Waals surface area contributed by atoms with Gasteiger partial charge in [-0.2, -0.15) is 0 Å². The van der Waals surface area contributed by atoms with E-state index < -0.39 is 0 Å². The third-order valence-electron chi connectivity index (χ3n) is 5.32. The first-order chi connectivity index (χ1) is 13.7. The molecule has 7 heteroatoms. The summed E-state index contributed by atoms with van der Waals surface area (Å²) in [6, 6.07) is 6.48. The Balaban J connectivity index is 1.92. The van der Waals surface area contributed by atoms with E-state index in [9.17, 15) is 9.59 Å². The van der Waals surface area contributed by atoms with Gasteiger partial charge in [-0.25, -0.2) is 4.98 Å². The molecule has 2 aromatic heterocycles. The number of aryl methyl sites for hydroxylation is 3. The molecule has 154 valence electrons. The lowest BCUT2D eigenvalue weighted by Gasteiger charge is -2.23. The minimum atomic E-state index is -0.175. The minimum absolute atomic E-state index is 0.0504. The highest BCUT2D eigenvalue weighted by molar-refractivity contribution is 7.98. The van der Waals surface area contributed by atoms with Crippen molar-refractivity contribution in [3.63, 3.8) is 0 Å². The number of rotatable bonds is 6. The normalized spacial score (nSPS) is 12.3. The first kappa shape index (κ1) is 21.6. The predicted octanol–water partition coefficient (Wildman–Crippen LogP) is 5.07. The number of hydrogen-bond donors (Lipinski definition) is 1. The molecule has 0 saturated heterocycles. The molecule has 1 amide bonds. The van der Waals surface area contributed by atoms with Crippen LogP contribution < -0.4 is 5.56 Å². The number of nitrogens with one attached hydrogen (secondary N) is 1. The molecule has 3 rings (SSSR count). The molecular weight excluding hydrogens is 402 g/mol. The predicted molar refractivity (Wildman–Crippen MR) is 122 cm³/mol. The number of hydrogen-bond acceptors (Lipinski definition) is 5. The largest absolute Gasteiger partial charge is 0.338 e. The van der Waals surface area contributed by atoms with Crippen LogP contribution in [0.5, 0.6) is 0 Å². The SMILES string of the molecule is CCC(C)N(C)C(=O)c1sc2nc(CSc3cc(C)ccc3C)[nH]c(=O)c2c1C. The van der Waals surface area contributed by atoms with Crippen LogP contribution in [-0.2, 0) is 5.75 Å². The van der Waals surface area contributed by atoms with E-state index in [1.165, 1.54) is 27.4 Å². The average molecular weight is 430 g/mol. The zero-order valence-electron chi connectivity index (χ0n) is 17.8. The minimum Gasteiger partial charge on any atom is -0.338 e. The third kappa shape index (κ3) is 4.41. The molecule has 0 fully saturated rings. The number of nitrogens with zero attached hydrogens (tertiary/aromatic N) is 2. The summed E-state index contributed by atoms with van der Waals surface area (Å²) in [5.74, 6) is 1.15. The highest BCUT2D eigenvalue weighted by atomic mass is 32.2. The Bertz CT molecular complexity index is 1120. The van der Waals surface area contributed by atoms with Gasteiger partial charge in [0.05, 0.1) is 16.0 Å². The molecule has 0 spiro atoms. The summed E-state index contributed by atoms with van der Waals surface area (Å²) in [5, 5.41) is 0.524. The van der Waals surface area contributed by atoms with Gasteiger partial charge in [0.1, 0.15) is 10.7 Å². The van der Waals surface area contributed by atoms with E-state index in [1.54, 1.807) is 16.7 Å². The van der Waals surface area contributed by atoms with Gasteiger partial charge in [0.2, 0.25) is 0 Å². The molecule has 1 unspecified atom stereocenters. The summed E-state index contributed by atoms with van der Waals surface area (Å²) < 4.78 is 0. The maximum atomic E-state index is 12.9. The number of carbonyl (C=O) groups excluding carboxylic acids is 1. The number of thioether (sulfide) groups is 1. The fraction of sp³-hybridized carbons (Fsp3) is 0.409. The molecular formula is C22H27N3O2S2. The summed E-state index contributed by atoms with van der Waals surface area (Å²) in [6.07, 6.45) is 0.880. The van der Waals surface area contributed by atoms with E-state index in [0.29, 0.717) is 32.2 Å². The van der Waals surface area contributed by atoms with Crippen molar-refractivity contribution in [2.45, 2.75) is 57.7 Å². The smallest absolute Gasteiger partial charge is 0.264 e. The van der Waals surface area contributed by atoms with E-state index in [1.807, 2.05) is 20.9 Å². The van der Waals surface area contributed by atoms with Gasteiger partial charge in [0, 0.05) is 18.0 Å². The van der Waals surface area contributed by atoms with Gasteiger partial charge in [-0.1, -0.05) is 24.6 Å². The third-order valence-corrected chi connectivity index (χ3v) is 7.67. The monoisotopic (exact) mass is 429 g/mol. The van der Waals surface area contributed by atoms with Crippen LogP contribution in [0.4, 0.5) is 0 Å². The van der Waals surface area contributed by atoms with Crippen LogP contribution >= 0.6 is 23.1 Å². The van der Waals surface area contributed by atoms with E-state index in [4.69, 9.17) is 0 Å². The van der Waals surface area contributed by atoms with Gasteiger partial charge in [-0.05, 0) is 51.3 Å². The quantitative estimate of drug-likeness (QED) is 0.556. The summed E-state index contributed by atoms with van der Waals surface area (Å²) in [6.45, 7) is 10.1. The van der Waals surface area contributed by atoms with Crippen molar-refractivity contribution in [3.05, 3.63) is 55.9 Å². The van der Waals surface area contributed by atoms with E-state index >= 15 is 0 Å². The molecule has 5 nitrogen and oxygen atoms in total. The highest BCUT2D eigenvalue weighted by Gasteiger charge is 2.23. The number of thiophene rings is 1. The van der Waals surface area contributed by atoms with Crippen LogP contribution in [0.15, 0.2) is 27.9 Å². The van der Waals surface area contributed by atoms with Crippen molar-refractivity contribution in [2.75, 3.05) is 7.05 Å². The Morgan fingerprint density at radius 1 is 1.31 bits per heavy atom. The Hall–Kier alpha value is -2.12. The summed E-state index contributed by atoms with van der Waals surface area (Å²) in [4.78, 5) is 37.3. The van der Waals surface area contributed by atoms with Crippen molar-refractivity contribution in [1.29, 1.82) is 0 Å². The number of benzene rings is 1. The lowest BCUT2D eigenvalue weighted by atomic mass is 10.1. The molecule has 0 aliphatic carbocycles. The van der Waals surface area contributed by atoms with E-state index in [-0.39, 0.29) is 17.5 Å². The molecule has 1 aromatic carbocycles. The summed E-state index contributed by atoms with van der Waals surface area (Å²) in [7, 11) is 1.81. The second-order valence-electron chi connectivity index (χ2n) is 7.48. The van der Waals surface area contributed by atoms with Gasteiger partial charge in [-0.3, -0.25) is 9.59 Å². The molecule has 2 heterocycles. The summed E-state index contributed by atoms with van der Waals surface area (Å²) in [5.41, 5.74) is 2.95. The second-order valence-corrected chi connectivity index (χ2v) is 9.50. The Kier molecular flexibility index (Phi) is 6.49. The molecule has 0 radical (unpaired) electrons. The Morgan fingerprint density at radius 3 is 2.72 bits per heavy atom. The first-order valence-corrected chi connectivity index (χ1v) is 11.5. The summed E-state index contributed by atoms with van der Waals surface area (Å²) >= 11 is 2.97. The maximum absolute atomic E-state index is 12.9. The van der Waals surface area contributed by atoms with Crippen LogP contribution in [0.25, 0.3) is 10.2 Å². The zero-order chi connectivity index (χ0) is 21.3. The Labute approximate surface area is 179 Å². The molecule has 29 heavy (non-hydrogen) atoms. The Morgan fingerprint density at radius 2 is 2.03 bits per heavy atom. The molecule has 1 N–H and O–H groups in total. The standard InChI is InChI=1S/C22H27N3O2S2/c1-7-14(4)25(6)22(27)19-15(5)18-20(26)23-17(24-21(18)29-19)11-28-16-10-12(2)8-9-13(16)3/h8-10,14H,7,11H2,1-6H3,(H,23,24,26). The lowest BCUT2D eigenvalue weighted by molar-refractivity contribution is 0.0745. The van der Waals surface area contributed by atoms with Crippen molar-refractivity contribution in [1.82, 2.24) is 14.9 Å². The second kappa shape index (κ2) is 8.71. The topological polar surface area (TPSA) is 66.1 Å². The maximum Gasteiger partial charge on any atom is 0.264 e. The van der Waals surface area contributed by atoms with Gasteiger partial charge >= 0.3 is 0 Å². The van der Waals surface area contributed by atoms with Crippen LogP contribution in [-0.4, -0.2) is 33.9 Å². The first-order valence-electron chi connectivity index (χ1n) is 9.72. The fourth-order valence-corrected chi connectivity index (χ4v) is 5.28. The van der Waals surface area contributed by atoms with Gasteiger partial charge < -0.3 is 9.88 Å². The number of fused-ring (bicyclic) bond motifs is 1.